The minimum atomic E-state index is 0.835. The zero-order chi connectivity index (χ0) is 7.11. The topological polar surface area (TPSA) is 12.4 Å². The first-order valence-corrected chi connectivity index (χ1v) is 3.05. The summed E-state index contributed by atoms with van der Waals surface area (Å²) in [5.41, 5.74) is 0.997. The summed E-state index contributed by atoms with van der Waals surface area (Å²) >= 11 is 0. The Labute approximate surface area is 56.8 Å². The van der Waals surface area contributed by atoms with E-state index in [9.17, 15) is 0 Å². The molecule has 0 N–H and O–H groups in total. The molecule has 0 saturated heterocycles. The largest absolute Gasteiger partial charge is 0.290 e. The van der Waals surface area contributed by atoms with Gasteiger partial charge in [0.05, 0.1) is 0 Å². The Morgan fingerprint density at radius 1 is 1.56 bits per heavy atom. The van der Waals surface area contributed by atoms with Crippen molar-refractivity contribution >= 4 is 5.71 Å². The molecule has 0 aromatic heterocycles. The van der Waals surface area contributed by atoms with Gasteiger partial charge in [-0.15, -0.1) is 6.58 Å². The maximum absolute atomic E-state index is 4.16. The Hall–Kier alpha value is -0.850. The Kier molecular flexibility index (Phi) is 4.79. The highest BCUT2D eigenvalue weighted by atomic mass is 14.7. The van der Waals surface area contributed by atoms with E-state index in [1.807, 2.05) is 13.0 Å². The molecule has 0 spiro atoms. The molecular formula is C8H13N. The maximum Gasteiger partial charge on any atom is 0.0426 e. The fraction of sp³-hybridized carbons (Fsp3) is 0.375. The highest BCUT2D eigenvalue weighted by Crippen LogP contribution is 1.83. The molecule has 0 saturated carbocycles. The molecule has 0 fully saturated rings. The summed E-state index contributed by atoms with van der Waals surface area (Å²) in [5, 5.41) is 0. The monoisotopic (exact) mass is 123 g/mol. The molecule has 0 aromatic carbocycles. The van der Waals surface area contributed by atoms with E-state index >= 15 is 0 Å². The van der Waals surface area contributed by atoms with Crippen LogP contribution in [0, 0.1) is 0 Å². The van der Waals surface area contributed by atoms with Crippen LogP contribution in [0.3, 0.4) is 0 Å². The fourth-order valence-electron chi connectivity index (χ4n) is 0.397. The molecule has 0 amide bonds. The van der Waals surface area contributed by atoms with Gasteiger partial charge in [0.2, 0.25) is 0 Å². The van der Waals surface area contributed by atoms with E-state index in [1.54, 1.807) is 6.08 Å². The van der Waals surface area contributed by atoms with Crippen LogP contribution < -0.4 is 0 Å². The van der Waals surface area contributed by atoms with Crippen LogP contribution in [0.25, 0.3) is 0 Å². The van der Waals surface area contributed by atoms with Gasteiger partial charge in [-0.2, -0.15) is 0 Å². The molecule has 50 valence electrons. The number of aliphatic imine (C=N–C) groups is 1. The average molecular weight is 123 g/mol. The Bertz CT molecular complexity index is 123. The van der Waals surface area contributed by atoms with Gasteiger partial charge in [-0.05, 0) is 19.4 Å². The van der Waals surface area contributed by atoms with Gasteiger partial charge in [0, 0.05) is 12.3 Å². The van der Waals surface area contributed by atoms with Crippen LogP contribution in [-0.2, 0) is 0 Å². The first-order chi connectivity index (χ1) is 4.31. The van der Waals surface area contributed by atoms with Crippen molar-refractivity contribution in [2.75, 3.05) is 6.54 Å². The molecule has 0 heterocycles. The second kappa shape index (κ2) is 5.29. The third-order valence-corrected chi connectivity index (χ3v) is 0.990. The molecule has 1 heteroatoms. The van der Waals surface area contributed by atoms with E-state index < -0.39 is 0 Å². The zero-order valence-corrected chi connectivity index (χ0v) is 5.93. The first-order valence-electron chi connectivity index (χ1n) is 3.05. The van der Waals surface area contributed by atoms with Gasteiger partial charge in [-0.25, -0.2) is 0 Å². The van der Waals surface area contributed by atoms with Gasteiger partial charge < -0.3 is 0 Å². The van der Waals surface area contributed by atoms with Crippen molar-refractivity contribution in [2.45, 2.75) is 13.3 Å². The highest BCUT2D eigenvalue weighted by Gasteiger charge is 1.78. The molecule has 1 nitrogen and oxygen atoms in total. The number of hydrogen-bond acceptors (Lipinski definition) is 1. The van der Waals surface area contributed by atoms with Crippen LogP contribution in [0.5, 0.6) is 0 Å². The molecule has 9 heavy (non-hydrogen) atoms. The molecule has 0 atom stereocenters. The summed E-state index contributed by atoms with van der Waals surface area (Å²) < 4.78 is 0. The summed E-state index contributed by atoms with van der Waals surface area (Å²) in [6.45, 7) is 9.95. The first kappa shape index (κ1) is 8.15. The maximum atomic E-state index is 4.16. The molecule has 0 rings (SSSR count). The molecule has 0 aliphatic rings. The average Bonchev–Trinajstić information content (AvgIpc) is 1.89. The van der Waals surface area contributed by atoms with Crippen LogP contribution in [0.4, 0.5) is 0 Å². The second-order valence-electron chi connectivity index (χ2n) is 1.80. The molecule has 0 aliphatic heterocycles. The zero-order valence-electron chi connectivity index (χ0n) is 5.93. The Morgan fingerprint density at radius 2 is 2.22 bits per heavy atom. The van der Waals surface area contributed by atoms with Crippen molar-refractivity contribution in [3.8, 4) is 0 Å². The van der Waals surface area contributed by atoms with Crippen molar-refractivity contribution in [1.82, 2.24) is 0 Å². The number of allylic oxidation sites excluding steroid dienone is 1. The van der Waals surface area contributed by atoms with Gasteiger partial charge in [-0.1, -0.05) is 12.7 Å². The van der Waals surface area contributed by atoms with E-state index in [4.69, 9.17) is 0 Å². The highest BCUT2D eigenvalue weighted by molar-refractivity contribution is 5.92. The van der Waals surface area contributed by atoms with E-state index in [2.05, 4.69) is 18.2 Å². The summed E-state index contributed by atoms with van der Waals surface area (Å²) in [5.74, 6) is 0. The van der Waals surface area contributed by atoms with Crippen LogP contribution in [0.2, 0.25) is 0 Å². The van der Waals surface area contributed by atoms with E-state index in [0.29, 0.717) is 0 Å². The van der Waals surface area contributed by atoms with Gasteiger partial charge >= 0.3 is 0 Å². The number of rotatable bonds is 4. The normalized spacial score (nSPS) is 11.0. The summed E-state index contributed by atoms with van der Waals surface area (Å²) in [6, 6.07) is 0. The van der Waals surface area contributed by atoms with Gasteiger partial charge in [-0.3, -0.25) is 4.99 Å². The van der Waals surface area contributed by atoms with Gasteiger partial charge in [0.15, 0.2) is 0 Å². The third kappa shape index (κ3) is 5.01. The van der Waals surface area contributed by atoms with Gasteiger partial charge in [0.25, 0.3) is 0 Å². The van der Waals surface area contributed by atoms with E-state index in [-0.39, 0.29) is 0 Å². The van der Waals surface area contributed by atoms with Crippen molar-refractivity contribution in [3.05, 3.63) is 25.3 Å². The van der Waals surface area contributed by atoms with Gasteiger partial charge in [0.1, 0.15) is 0 Å². The van der Waals surface area contributed by atoms with Crippen LogP contribution in [0.1, 0.15) is 13.3 Å². The minimum absolute atomic E-state index is 0.835. The lowest BCUT2D eigenvalue weighted by atomic mass is 10.4. The lowest BCUT2D eigenvalue weighted by Crippen LogP contribution is -1.85. The number of hydrogen-bond donors (Lipinski definition) is 0. The minimum Gasteiger partial charge on any atom is -0.290 e. The molecule has 0 unspecified atom stereocenters. The quantitative estimate of drug-likeness (QED) is 0.309. The van der Waals surface area contributed by atoms with E-state index in [0.717, 1.165) is 18.7 Å². The summed E-state index contributed by atoms with van der Waals surface area (Å²) in [4.78, 5) is 4.16. The van der Waals surface area contributed by atoms with E-state index in [1.165, 1.54) is 0 Å². The third-order valence-electron chi connectivity index (χ3n) is 0.990. The van der Waals surface area contributed by atoms with Crippen LogP contribution in [0.15, 0.2) is 30.3 Å². The summed E-state index contributed by atoms with van der Waals surface area (Å²) in [6.07, 6.45) is 4.56. The van der Waals surface area contributed by atoms with Crippen molar-refractivity contribution < 1.29 is 0 Å². The van der Waals surface area contributed by atoms with Crippen molar-refractivity contribution in [3.63, 3.8) is 0 Å². The molecule has 0 aliphatic carbocycles. The molecule has 0 radical (unpaired) electrons. The van der Waals surface area contributed by atoms with Crippen LogP contribution >= 0.6 is 0 Å². The Morgan fingerprint density at radius 3 is 2.67 bits per heavy atom. The SMILES string of the molecule is C=CCCN=C(C)C=C. The predicted octanol–water partition coefficient (Wildman–Crippen LogP) is 2.21. The lowest BCUT2D eigenvalue weighted by Gasteiger charge is -1.88. The molecular weight excluding hydrogens is 110 g/mol. The smallest absolute Gasteiger partial charge is 0.0426 e. The fourth-order valence-corrected chi connectivity index (χ4v) is 0.397. The second-order valence-corrected chi connectivity index (χ2v) is 1.80. The summed E-state index contributed by atoms with van der Waals surface area (Å²) in [7, 11) is 0. The standard InChI is InChI=1S/C8H13N/c1-4-6-7-9-8(3)5-2/h4-5H,1-2,6-7H2,3H3. The predicted molar refractivity (Wildman–Crippen MR) is 43.0 cm³/mol. The Balaban J connectivity index is 3.42. The molecule has 0 bridgehead atoms. The molecule has 0 aromatic rings. The van der Waals surface area contributed by atoms with Crippen LogP contribution in [-0.4, -0.2) is 12.3 Å². The lowest BCUT2D eigenvalue weighted by molar-refractivity contribution is 1.01. The van der Waals surface area contributed by atoms with Crippen molar-refractivity contribution in [1.29, 1.82) is 0 Å². The van der Waals surface area contributed by atoms with Crippen molar-refractivity contribution in [2.24, 2.45) is 4.99 Å². The number of nitrogens with zero attached hydrogens (tertiary/aromatic N) is 1.